The molecule has 1 amide bonds. The number of allylic oxidation sites excluding steroid dienone is 1. The van der Waals surface area contributed by atoms with Crippen LogP contribution >= 0.6 is 0 Å². The molecule has 1 aromatic carbocycles. The number of nitrogens with one attached hydrogen (secondary N) is 3. The summed E-state index contributed by atoms with van der Waals surface area (Å²) in [6, 6.07) is 6.34. The van der Waals surface area contributed by atoms with E-state index in [2.05, 4.69) is 35.5 Å². The Morgan fingerprint density at radius 2 is 2.22 bits per heavy atom. The molecule has 2 atom stereocenters. The van der Waals surface area contributed by atoms with Gasteiger partial charge in [-0.05, 0) is 37.1 Å². The van der Waals surface area contributed by atoms with Crippen molar-refractivity contribution in [3.63, 3.8) is 0 Å². The maximum Gasteiger partial charge on any atom is 0.216 e. The summed E-state index contributed by atoms with van der Waals surface area (Å²) in [7, 11) is 1.79. The lowest BCUT2D eigenvalue weighted by molar-refractivity contribution is -0.413. The molecule has 2 unspecified atom stereocenters. The summed E-state index contributed by atoms with van der Waals surface area (Å²) in [4.78, 5) is 14.0. The van der Waals surface area contributed by atoms with Crippen molar-refractivity contribution in [3.05, 3.63) is 35.7 Å². The van der Waals surface area contributed by atoms with Crippen LogP contribution in [0.5, 0.6) is 5.75 Å². The fourth-order valence-corrected chi connectivity index (χ4v) is 3.22. The highest BCUT2D eigenvalue weighted by molar-refractivity contribution is 5.72. The molecule has 1 aliphatic rings. The molecule has 5 N–H and O–H groups in total. The Morgan fingerprint density at radius 3 is 2.93 bits per heavy atom. The van der Waals surface area contributed by atoms with Gasteiger partial charge in [0, 0.05) is 30.6 Å². The molecule has 0 radical (unpaired) electrons. The third-order valence-electron chi connectivity index (χ3n) is 4.99. The van der Waals surface area contributed by atoms with Crippen molar-refractivity contribution in [2.24, 2.45) is 5.73 Å². The lowest BCUT2D eigenvalue weighted by Crippen LogP contribution is -2.62. The van der Waals surface area contributed by atoms with Gasteiger partial charge in [-0.2, -0.15) is 0 Å². The molecule has 0 saturated carbocycles. The standard InChI is InChI=1S/C20H30N4O3/c1-14-20(3,8-10-23-15(2)25)17-13-16(5-6-18(17)24-14)26-11-12-27-19(21)7-9-22-4/h5-7,9,13-14,24H,8,10-12,21H2,1-4H3,(H,23,25)/p+1. The first-order valence-corrected chi connectivity index (χ1v) is 9.24. The summed E-state index contributed by atoms with van der Waals surface area (Å²) in [5.74, 6) is 1.13. The van der Waals surface area contributed by atoms with E-state index < -0.39 is 0 Å². The molecule has 7 heteroatoms. The average Bonchev–Trinajstić information content (AvgIpc) is 2.87. The van der Waals surface area contributed by atoms with Gasteiger partial charge in [-0.3, -0.25) is 9.79 Å². The van der Waals surface area contributed by atoms with Gasteiger partial charge < -0.3 is 25.8 Å². The van der Waals surface area contributed by atoms with Crippen LogP contribution in [0.1, 0.15) is 32.8 Å². The molecule has 27 heavy (non-hydrogen) atoms. The quantitative estimate of drug-likeness (QED) is 0.282. The maximum absolute atomic E-state index is 11.2. The topological polar surface area (TPSA) is 99.6 Å². The summed E-state index contributed by atoms with van der Waals surface area (Å²) in [6.45, 7) is 7.34. The van der Waals surface area contributed by atoms with E-state index in [0.717, 1.165) is 17.9 Å². The molecule has 2 rings (SSSR count). The van der Waals surface area contributed by atoms with Gasteiger partial charge in [-0.15, -0.1) is 0 Å². The Labute approximate surface area is 161 Å². The molecule has 1 aliphatic heterocycles. The van der Waals surface area contributed by atoms with E-state index in [1.165, 1.54) is 5.56 Å². The lowest BCUT2D eigenvalue weighted by atomic mass is 9.76. The van der Waals surface area contributed by atoms with E-state index in [4.69, 9.17) is 15.2 Å². The molecule has 0 bridgehead atoms. The van der Waals surface area contributed by atoms with Crippen molar-refractivity contribution < 1.29 is 19.3 Å². The lowest BCUT2D eigenvalue weighted by Gasteiger charge is -2.30. The molecule has 0 fully saturated rings. The van der Waals surface area contributed by atoms with Gasteiger partial charge in [0.15, 0.2) is 12.1 Å². The number of amides is 1. The van der Waals surface area contributed by atoms with Crippen molar-refractivity contribution in [3.8, 4) is 5.75 Å². The van der Waals surface area contributed by atoms with Gasteiger partial charge >= 0.3 is 0 Å². The van der Waals surface area contributed by atoms with Gasteiger partial charge in [0.25, 0.3) is 0 Å². The molecule has 148 valence electrons. The number of benzene rings is 1. The zero-order chi connectivity index (χ0) is 19.9. The predicted octanol–water partition coefficient (Wildman–Crippen LogP) is 0.261. The van der Waals surface area contributed by atoms with Gasteiger partial charge in [0.2, 0.25) is 5.91 Å². The number of ether oxygens (including phenoxy) is 2. The molecular weight excluding hydrogens is 344 g/mol. The molecule has 0 spiro atoms. The molecule has 1 aromatic rings. The van der Waals surface area contributed by atoms with Crippen molar-refractivity contribution in [1.29, 1.82) is 0 Å². The summed E-state index contributed by atoms with van der Waals surface area (Å²) >= 11 is 0. The smallest absolute Gasteiger partial charge is 0.216 e. The highest BCUT2D eigenvalue weighted by Crippen LogP contribution is 2.44. The van der Waals surface area contributed by atoms with Crippen LogP contribution in [0.2, 0.25) is 0 Å². The van der Waals surface area contributed by atoms with Crippen molar-refractivity contribution >= 4 is 17.8 Å². The number of nitrogens with two attached hydrogens (primary N) is 1. The Balaban J connectivity index is 1.97. The van der Waals surface area contributed by atoms with Gasteiger partial charge in [0.05, 0.1) is 6.08 Å². The number of hydrogen-bond donors (Lipinski definition) is 4. The number of carbonyl (C=O) groups is 1. The number of fused-ring (bicyclic) bond motifs is 1. The van der Waals surface area contributed by atoms with E-state index in [0.29, 0.717) is 25.6 Å². The fourth-order valence-electron chi connectivity index (χ4n) is 3.22. The Bertz CT molecular complexity index is 717. The van der Waals surface area contributed by atoms with Crippen LogP contribution in [-0.4, -0.2) is 45.0 Å². The van der Waals surface area contributed by atoms with Crippen LogP contribution in [0.25, 0.3) is 0 Å². The Kier molecular flexibility index (Phi) is 7.10. The molecule has 7 nitrogen and oxygen atoms in total. The second-order valence-electron chi connectivity index (χ2n) is 6.95. The number of anilines is 1. The predicted molar refractivity (Wildman–Crippen MR) is 107 cm³/mol. The van der Waals surface area contributed by atoms with E-state index >= 15 is 0 Å². The first-order valence-electron chi connectivity index (χ1n) is 9.24. The first kappa shape index (κ1) is 20.6. The van der Waals surface area contributed by atoms with Crippen LogP contribution in [0.4, 0.5) is 5.69 Å². The van der Waals surface area contributed by atoms with Crippen LogP contribution in [0, 0.1) is 0 Å². The van der Waals surface area contributed by atoms with E-state index in [-0.39, 0.29) is 17.4 Å². The third-order valence-corrected chi connectivity index (χ3v) is 4.99. The molecule has 0 aliphatic carbocycles. The van der Waals surface area contributed by atoms with E-state index in [1.54, 1.807) is 26.3 Å². The fraction of sp³-hybridized carbons (Fsp3) is 0.500. The van der Waals surface area contributed by atoms with Crippen LogP contribution in [0.15, 0.2) is 30.2 Å². The van der Waals surface area contributed by atoms with Crippen molar-refractivity contribution in [1.82, 2.24) is 5.32 Å². The monoisotopic (exact) mass is 375 g/mol. The van der Waals surface area contributed by atoms with Crippen molar-refractivity contribution in [2.75, 3.05) is 32.1 Å². The van der Waals surface area contributed by atoms with E-state index in [9.17, 15) is 4.79 Å². The zero-order valence-corrected chi connectivity index (χ0v) is 16.6. The van der Waals surface area contributed by atoms with Crippen LogP contribution in [0.3, 0.4) is 0 Å². The number of carbonyl (C=O) groups excluding carboxylic acids is 1. The first-order chi connectivity index (χ1) is 12.9. The zero-order valence-electron chi connectivity index (χ0n) is 16.6. The summed E-state index contributed by atoms with van der Waals surface area (Å²) < 4.78 is 11.2. The number of rotatable bonds is 9. The summed E-state index contributed by atoms with van der Waals surface area (Å²) in [6.07, 6.45) is 4.21. The molecule has 0 aromatic heterocycles. The Morgan fingerprint density at radius 1 is 1.44 bits per heavy atom. The minimum Gasteiger partial charge on any atom is -0.490 e. The second-order valence-corrected chi connectivity index (χ2v) is 6.95. The third kappa shape index (κ3) is 5.39. The van der Waals surface area contributed by atoms with E-state index in [1.807, 2.05) is 12.1 Å². The number of hydrogen-bond acceptors (Lipinski definition) is 5. The van der Waals surface area contributed by atoms with Gasteiger partial charge in [-0.25, -0.2) is 0 Å². The second kappa shape index (κ2) is 9.30. The van der Waals surface area contributed by atoms with Gasteiger partial charge in [0.1, 0.15) is 26.0 Å². The minimum atomic E-state index is -0.0796. The SMILES string of the molecule is C[NH+]=CC=C(N)OCCOc1ccc2c(c1)C(C)(CCNC(C)=O)C(C)N2. The summed E-state index contributed by atoms with van der Waals surface area (Å²) in [5, 5.41) is 6.42. The van der Waals surface area contributed by atoms with Crippen LogP contribution in [-0.2, 0) is 14.9 Å². The van der Waals surface area contributed by atoms with Gasteiger partial charge in [-0.1, -0.05) is 6.92 Å². The Hall–Kier alpha value is -2.70. The summed E-state index contributed by atoms with van der Waals surface area (Å²) in [5.41, 5.74) is 7.95. The van der Waals surface area contributed by atoms with Crippen molar-refractivity contribution in [2.45, 2.75) is 38.6 Å². The largest absolute Gasteiger partial charge is 0.490 e. The highest BCUT2D eigenvalue weighted by Gasteiger charge is 2.40. The molecular formula is C20H31N4O3+. The normalized spacial score (nSPS) is 21.6. The molecule has 0 saturated heterocycles. The highest BCUT2D eigenvalue weighted by atomic mass is 16.5. The van der Waals surface area contributed by atoms with Crippen LogP contribution < -0.4 is 26.1 Å². The minimum absolute atomic E-state index is 0.00448. The molecule has 1 heterocycles. The maximum atomic E-state index is 11.2. The average molecular weight is 375 g/mol.